The number of halogens is 2. The van der Waals surface area contributed by atoms with Gasteiger partial charge in [0.2, 0.25) is 5.91 Å². The summed E-state index contributed by atoms with van der Waals surface area (Å²) in [5.74, 6) is -2.14. The van der Waals surface area contributed by atoms with Gasteiger partial charge in [0.1, 0.15) is 11.6 Å². The number of benzene rings is 4. The zero-order valence-electron chi connectivity index (χ0n) is 28.1. The van der Waals surface area contributed by atoms with Crippen LogP contribution in [0.4, 0.5) is 8.78 Å². The standard InChI is InChI=1S/C20H18FN3O.C11H13N3.C9H7FO2/c1-15(17-7-4-8-18(14-17)24-13-5-12-22-24)23-20(25)11-10-16-6-2-3-9-19(16)21;1-9(12)10-4-2-5-11(8-10)14-7-3-6-13-14;10-8-4-2-1-3-7(8)5-6-9(11)12/h2-15H,1H3,(H,23,25);2-9H,12H2,1H3;1-6H,(H,11,12)/b11-10+;;6-5+/t15-;9-;/m00./s1. The first kappa shape index (κ1) is 37.4. The van der Waals surface area contributed by atoms with Gasteiger partial charge >= 0.3 is 5.97 Å². The second-order valence-electron chi connectivity index (χ2n) is 11.2. The highest BCUT2D eigenvalue weighted by Crippen LogP contribution is 2.17. The van der Waals surface area contributed by atoms with Crippen molar-refractivity contribution < 1.29 is 23.5 Å². The van der Waals surface area contributed by atoms with Gasteiger partial charge in [-0.1, -0.05) is 60.7 Å². The maximum absolute atomic E-state index is 13.6. The highest BCUT2D eigenvalue weighted by Gasteiger charge is 2.09. The number of hydrogen-bond acceptors (Lipinski definition) is 5. The van der Waals surface area contributed by atoms with Gasteiger partial charge in [-0.05, 0) is 85.7 Å². The van der Waals surface area contributed by atoms with E-state index in [0.29, 0.717) is 5.56 Å². The van der Waals surface area contributed by atoms with Crippen LogP contribution in [-0.4, -0.2) is 36.5 Å². The zero-order chi connectivity index (χ0) is 36.6. The van der Waals surface area contributed by atoms with Crippen molar-refractivity contribution >= 4 is 24.0 Å². The zero-order valence-corrected chi connectivity index (χ0v) is 28.1. The number of carboxylic acid groups (broad SMARTS) is 1. The topological polar surface area (TPSA) is 128 Å². The van der Waals surface area contributed by atoms with Crippen LogP contribution in [0.15, 0.2) is 146 Å². The molecule has 0 bridgehead atoms. The molecule has 0 aliphatic rings. The summed E-state index contributed by atoms with van der Waals surface area (Å²) < 4.78 is 29.9. The van der Waals surface area contributed by atoms with E-state index in [1.54, 1.807) is 47.4 Å². The lowest BCUT2D eigenvalue weighted by molar-refractivity contribution is -0.131. The summed E-state index contributed by atoms with van der Waals surface area (Å²) in [6, 6.07) is 31.8. The van der Waals surface area contributed by atoms with Gasteiger partial charge in [-0.15, -0.1) is 0 Å². The summed E-state index contributed by atoms with van der Waals surface area (Å²) in [4.78, 5) is 22.2. The molecule has 0 saturated heterocycles. The third-order valence-electron chi connectivity index (χ3n) is 7.29. The number of amides is 1. The molecule has 2 heterocycles. The van der Waals surface area contributed by atoms with E-state index in [2.05, 4.69) is 21.6 Å². The van der Waals surface area contributed by atoms with Crippen LogP contribution < -0.4 is 11.1 Å². The average molecular weight is 689 g/mol. The van der Waals surface area contributed by atoms with Crippen LogP contribution in [0.3, 0.4) is 0 Å². The molecule has 0 aliphatic carbocycles. The summed E-state index contributed by atoms with van der Waals surface area (Å²) in [6.45, 7) is 3.87. The predicted molar refractivity (Wildman–Crippen MR) is 195 cm³/mol. The van der Waals surface area contributed by atoms with Crippen LogP contribution in [0.1, 0.15) is 48.2 Å². The van der Waals surface area contributed by atoms with Crippen LogP contribution in [0.25, 0.3) is 23.5 Å². The highest BCUT2D eigenvalue weighted by atomic mass is 19.1. The number of hydrogen-bond donors (Lipinski definition) is 3. The third-order valence-corrected chi connectivity index (χ3v) is 7.29. The van der Waals surface area contributed by atoms with Gasteiger partial charge in [0.05, 0.1) is 17.4 Å². The van der Waals surface area contributed by atoms with E-state index in [4.69, 9.17) is 10.8 Å². The first-order chi connectivity index (χ1) is 24.6. The first-order valence-corrected chi connectivity index (χ1v) is 15.9. The number of nitrogens with zero attached hydrogens (tertiary/aromatic N) is 4. The van der Waals surface area contributed by atoms with Gasteiger partial charge in [-0.25, -0.2) is 22.9 Å². The first-order valence-electron chi connectivity index (χ1n) is 15.9. The average Bonchev–Trinajstić information content (AvgIpc) is 3.88. The Labute approximate surface area is 295 Å². The number of rotatable bonds is 9. The van der Waals surface area contributed by atoms with Crippen molar-refractivity contribution in [3.8, 4) is 11.4 Å². The Hall–Kier alpha value is -6.46. The van der Waals surface area contributed by atoms with E-state index in [1.165, 1.54) is 36.4 Å². The molecule has 4 aromatic carbocycles. The van der Waals surface area contributed by atoms with Crippen molar-refractivity contribution in [3.05, 3.63) is 180 Å². The molecule has 260 valence electrons. The van der Waals surface area contributed by atoms with Crippen molar-refractivity contribution in [1.29, 1.82) is 0 Å². The van der Waals surface area contributed by atoms with Gasteiger partial charge in [0.15, 0.2) is 0 Å². The molecule has 2 aromatic heterocycles. The van der Waals surface area contributed by atoms with Crippen molar-refractivity contribution in [1.82, 2.24) is 24.9 Å². The van der Waals surface area contributed by atoms with Crippen LogP contribution in [0.5, 0.6) is 0 Å². The van der Waals surface area contributed by atoms with E-state index in [1.807, 2.05) is 85.5 Å². The Kier molecular flexibility index (Phi) is 13.9. The Morgan fingerprint density at radius 3 is 1.67 bits per heavy atom. The molecule has 51 heavy (non-hydrogen) atoms. The largest absolute Gasteiger partial charge is 0.478 e. The molecule has 11 heteroatoms. The molecular formula is C40H38F2N6O3. The number of carbonyl (C=O) groups excluding carboxylic acids is 1. The van der Waals surface area contributed by atoms with Crippen LogP contribution >= 0.6 is 0 Å². The molecule has 0 radical (unpaired) electrons. The maximum Gasteiger partial charge on any atom is 0.328 e. The van der Waals surface area contributed by atoms with E-state index < -0.39 is 11.8 Å². The number of nitrogens with one attached hydrogen (secondary N) is 1. The number of carbonyl (C=O) groups is 2. The van der Waals surface area contributed by atoms with E-state index in [0.717, 1.165) is 28.6 Å². The quantitative estimate of drug-likeness (QED) is 0.134. The Bertz CT molecular complexity index is 2060. The monoisotopic (exact) mass is 688 g/mol. The van der Waals surface area contributed by atoms with Gasteiger partial charge in [0, 0.05) is 54.1 Å². The number of aromatic nitrogens is 4. The number of carboxylic acids is 1. The van der Waals surface area contributed by atoms with Crippen molar-refractivity contribution in [2.45, 2.75) is 25.9 Å². The molecule has 6 rings (SSSR count). The minimum Gasteiger partial charge on any atom is -0.478 e. The van der Waals surface area contributed by atoms with Crippen LogP contribution in [-0.2, 0) is 9.59 Å². The predicted octanol–water partition coefficient (Wildman–Crippen LogP) is 7.72. The summed E-state index contributed by atoms with van der Waals surface area (Å²) in [5, 5.41) is 19.5. The van der Waals surface area contributed by atoms with Crippen molar-refractivity contribution in [3.63, 3.8) is 0 Å². The Balaban J connectivity index is 0.000000189. The lowest BCUT2D eigenvalue weighted by Gasteiger charge is -2.14. The SMILES string of the molecule is C[C@H](N)c1cccc(-n2cccn2)c1.C[C@H](NC(=O)/C=C/c1ccccc1F)c1cccc(-n2cccn2)c1.O=C(O)/C=C/c1ccccc1F. The van der Waals surface area contributed by atoms with Crippen molar-refractivity contribution in [2.75, 3.05) is 0 Å². The summed E-state index contributed by atoms with van der Waals surface area (Å²) in [5.41, 5.74) is 10.5. The van der Waals surface area contributed by atoms with Crippen LogP contribution in [0, 0.1) is 11.6 Å². The van der Waals surface area contributed by atoms with Gasteiger partial charge < -0.3 is 16.2 Å². The molecule has 1 amide bonds. The highest BCUT2D eigenvalue weighted by molar-refractivity contribution is 5.92. The Morgan fingerprint density at radius 1 is 0.706 bits per heavy atom. The summed E-state index contributed by atoms with van der Waals surface area (Å²) in [7, 11) is 0. The molecule has 0 unspecified atom stereocenters. The van der Waals surface area contributed by atoms with E-state index in [9.17, 15) is 18.4 Å². The fraction of sp³-hybridized carbons (Fsp3) is 0.100. The molecule has 0 saturated carbocycles. The minimum atomic E-state index is -1.08. The second-order valence-corrected chi connectivity index (χ2v) is 11.2. The van der Waals surface area contributed by atoms with Gasteiger partial charge in [-0.3, -0.25) is 4.79 Å². The molecular weight excluding hydrogens is 650 g/mol. The lowest BCUT2D eigenvalue weighted by atomic mass is 10.1. The molecule has 0 aliphatic heterocycles. The van der Waals surface area contributed by atoms with E-state index in [-0.39, 0.29) is 29.4 Å². The molecule has 2 atom stereocenters. The number of nitrogens with two attached hydrogens (primary N) is 1. The third kappa shape index (κ3) is 11.9. The summed E-state index contributed by atoms with van der Waals surface area (Å²) >= 11 is 0. The normalized spacial score (nSPS) is 11.9. The fourth-order valence-corrected chi connectivity index (χ4v) is 4.62. The Morgan fingerprint density at radius 2 is 1.20 bits per heavy atom. The number of aliphatic carboxylic acids is 1. The summed E-state index contributed by atoms with van der Waals surface area (Å²) in [6.07, 6.45) is 12.2. The van der Waals surface area contributed by atoms with Crippen molar-refractivity contribution in [2.24, 2.45) is 5.73 Å². The smallest absolute Gasteiger partial charge is 0.328 e. The maximum atomic E-state index is 13.6. The molecule has 0 spiro atoms. The molecule has 9 nitrogen and oxygen atoms in total. The van der Waals surface area contributed by atoms with Crippen LogP contribution in [0.2, 0.25) is 0 Å². The molecule has 6 aromatic rings. The molecule has 0 fully saturated rings. The second kappa shape index (κ2) is 18.9. The van der Waals surface area contributed by atoms with Gasteiger partial charge in [0.25, 0.3) is 0 Å². The fourth-order valence-electron chi connectivity index (χ4n) is 4.62. The van der Waals surface area contributed by atoms with Gasteiger partial charge in [-0.2, -0.15) is 10.2 Å². The van der Waals surface area contributed by atoms with E-state index >= 15 is 0 Å². The lowest BCUT2D eigenvalue weighted by Crippen LogP contribution is -2.24. The molecule has 4 N–H and O–H groups in total. The minimum absolute atomic E-state index is 0.0607.